The SMILES string of the molecule is CC(C)(C)OC(=O)NC1(C2(C(=O)O)CCC(O)CC2)CCCCC1. The fourth-order valence-electron chi connectivity index (χ4n) is 4.37. The highest BCUT2D eigenvalue weighted by atomic mass is 16.6. The van der Waals surface area contributed by atoms with Gasteiger partial charge in [0.25, 0.3) is 0 Å². The molecule has 0 aromatic rings. The number of aliphatic hydroxyl groups is 1. The third kappa shape index (κ3) is 3.85. The minimum atomic E-state index is -1.02. The topological polar surface area (TPSA) is 95.9 Å². The lowest BCUT2D eigenvalue weighted by Gasteiger charge is -2.52. The van der Waals surface area contributed by atoms with Crippen molar-refractivity contribution in [2.75, 3.05) is 0 Å². The minimum absolute atomic E-state index is 0.388. The Bertz CT molecular complexity index is 468. The first-order chi connectivity index (χ1) is 11.1. The number of ether oxygens (including phenoxy) is 1. The van der Waals surface area contributed by atoms with Gasteiger partial charge in [-0.2, -0.15) is 0 Å². The van der Waals surface area contributed by atoms with Gasteiger partial charge in [0.05, 0.1) is 17.1 Å². The van der Waals surface area contributed by atoms with Crippen LogP contribution in [0.2, 0.25) is 0 Å². The molecule has 2 fully saturated rings. The number of carbonyl (C=O) groups is 2. The van der Waals surface area contributed by atoms with Crippen molar-refractivity contribution in [1.29, 1.82) is 0 Å². The Morgan fingerprint density at radius 2 is 1.58 bits per heavy atom. The first-order valence-electron chi connectivity index (χ1n) is 9.03. The Morgan fingerprint density at radius 1 is 1.04 bits per heavy atom. The number of hydrogen-bond acceptors (Lipinski definition) is 4. The summed E-state index contributed by atoms with van der Waals surface area (Å²) in [5, 5.41) is 22.9. The molecule has 0 heterocycles. The molecule has 6 heteroatoms. The summed E-state index contributed by atoms with van der Waals surface area (Å²) in [6.07, 6.45) is 4.85. The molecule has 0 aromatic heterocycles. The molecule has 0 bridgehead atoms. The van der Waals surface area contributed by atoms with Gasteiger partial charge < -0.3 is 20.3 Å². The number of hydrogen-bond donors (Lipinski definition) is 3. The molecule has 0 aliphatic heterocycles. The Labute approximate surface area is 144 Å². The second-order valence-electron chi connectivity index (χ2n) is 8.39. The number of alkyl carbamates (subject to hydrolysis) is 1. The van der Waals surface area contributed by atoms with E-state index in [0.29, 0.717) is 38.5 Å². The number of carbonyl (C=O) groups excluding carboxylic acids is 1. The van der Waals surface area contributed by atoms with Gasteiger partial charge in [0.1, 0.15) is 5.60 Å². The number of rotatable bonds is 3. The number of aliphatic carboxylic acids is 1. The molecule has 0 unspecified atom stereocenters. The monoisotopic (exact) mass is 341 g/mol. The molecule has 24 heavy (non-hydrogen) atoms. The van der Waals surface area contributed by atoms with E-state index >= 15 is 0 Å². The first kappa shape index (κ1) is 19.0. The summed E-state index contributed by atoms with van der Waals surface area (Å²) in [6, 6.07) is 0. The van der Waals surface area contributed by atoms with Crippen molar-refractivity contribution in [2.45, 2.75) is 95.8 Å². The average molecular weight is 341 g/mol. The van der Waals surface area contributed by atoms with Gasteiger partial charge in [0.15, 0.2) is 0 Å². The zero-order valence-corrected chi connectivity index (χ0v) is 15.1. The van der Waals surface area contributed by atoms with Gasteiger partial charge in [-0.05, 0) is 59.3 Å². The van der Waals surface area contributed by atoms with Gasteiger partial charge in [-0.25, -0.2) is 4.79 Å². The summed E-state index contributed by atoms with van der Waals surface area (Å²) in [5.74, 6) is -0.868. The van der Waals surface area contributed by atoms with E-state index in [0.717, 1.165) is 19.3 Å². The van der Waals surface area contributed by atoms with Gasteiger partial charge >= 0.3 is 12.1 Å². The van der Waals surface area contributed by atoms with Crippen LogP contribution in [0.15, 0.2) is 0 Å². The molecule has 2 saturated carbocycles. The predicted octanol–water partition coefficient (Wildman–Crippen LogP) is 3.22. The van der Waals surface area contributed by atoms with Crippen molar-refractivity contribution in [3.05, 3.63) is 0 Å². The van der Waals surface area contributed by atoms with Crippen LogP contribution in [0.1, 0.15) is 78.6 Å². The smallest absolute Gasteiger partial charge is 0.408 e. The van der Waals surface area contributed by atoms with Crippen LogP contribution in [0.4, 0.5) is 4.79 Å². The number of amides is 1. The van der Waals surface area contributed by atoms with E-state index in [1.807, 2.05) is 0 Å². The zero-order chi connectivity index (χ0) is 18.0. The molecular formula is C18H31NO5. The molecule has 2 aliphatic rings. The van der Waals surface area contributed by atoms with E-state index in [4.69, 9.17) is 4.74 Å². The van der Waals surface area contributed by atoms with E-state index in [-0.39, 0.29) is 0 Å². The molecule has 138 valence electrons. The van der Waals surface area contributed by atoms with Crippen LogP contribution in [0.5, 0.6) is 0 Å². The minimum Gasteiger partial charge on any atom is -0.481 e. The van der Waals surface area contributed by atoms with Crippen molar-refractivity contribution in [3.63, 3.8) is 0 Å². The molecule has 2 aliphatic carbocycles. The molecule has 6 nitrogen and oxygen atoms in total. The van der Waals surface area contributed by atoms with E-state index < -0.39 is 34.7 Å². The zero-order valence-electron chi connectivity index (χ0n) is 15.1. The van der Waals surface area contributed by atoms with Crippen molar-refractivity contribution < 1.29 is 24.5 Å². The largest absolute Gasteiger partial charge is 0.481 e. The van der Waals surface area contributed by atoms with Crippen molar-refractivity contribution in [2.24, 2.45) is 5.41 Å². The predicted molar refractivity (Wildman–Crippen MR) is 89.7 cm³/mol. The molecule has 3 N–H and O–H groups in total. The Kier molecular flexibility index (Phi) is 5.47. The second kappa shape index (κ2) is 6.90. The molecule has 0 spiro atoms. The van der Waals surface area contributed by atoms with E-state index in [2.05, 4.69) is 5.32 Å². The Morgan fingerprint density at radius 3 is 2.04 bits per heavy atom. The first-order valence-corrected chi connectivity index (χ1v) is 9.03. The standard InChI is InChI=1S/C18H31NO5/c1-16(2,3)24-15(23)19-18(9-5-4-6-10-18)17(14(21)22)11-7-13(20)8-12-17/h13,20H,4-12H2,1-3H3,(H,19,23)(H,21,22). The highest BCUT2D eigenvalue weighted by Crippen LogP contribution is 2.51. The molecule has 0 radical (unpaired) electrons. The van der Waals surface area contributed by atoms with Crippen LogP contribution in [0.3, 0.4) is 0 Å². The van der Waals surface area contributed by atoms with Crippen LogP contribution >= 0.6 is 0 Å². The highest BCUT2D eigenvalue weighted by molar-refractivity contribution is 5.79. The van der Waals surface area contributed by atoms with E-state index in [1.54, 1.807) is 20.8 Å². The van der Waals surface area contributed by atoms with Gasteiger partial charge in [-0.3, -0.25) is 4.79 Å². The fraction of sp³-hybridized carbons (Fsp3) is 0.889. The summed E-state index contributed by atoms with van der Waals surface area (Å²) < 4.78 is 5.41. The third-order valence-corrected chi connectivity index (χ3v) is 5.58. The number of carboxylic acid groups (broad SMARTS) is 1. The summed E-state index contributed by atoms with van der Waals surface area (Å²) in [5.41, 5.74) is -2.44. The summed E-state index contributed by atoms with van der Waals surface area (Å²) in [7, 11) is 0. The molecule has 0 aromatic carbocycles. The van der Waals surface area contributed by atoms with E-state index in [1.165, 1.54) is 0 Å². The van der Waals surface area contributed by atoms with Crippen molar-refractivity contribution in [1.82, 2.24) is 5.32 Å². The van der Waals surface area contributed by atoms with Gasteiger partial charge in [-0.15, -0.1) is 0 Å². The van der Waals surface area contributed by atoms with Crippen LogP contribution < -0.4 is 5.32 Å². The highest BCUT2D eigenvalue weighted by Gasteiger charge is 2.58. The van der Waals surface area contributed by atoms with Crippen LogP contribution in [0.25, 0.3) is 0 Å². The van der Waals surface area contributed by atoms with Crippen molar-refractivity contribution in [3.8, 4) is 0 Å². The maximum atomic E-state index is 12.4. The average Bonchev–Trinajstić information content (AvgIpc) is 2.46. The number of carboxylic acids is 1. The lowest BCUT2D eigenvalue weighted by Crippen LogP contribution is -2.65. The third-order valence-electron chi connectivity index (χ3n) is 5.58. The van der Waals surface area contributed by atoms with Gasteiger partial charge in [0.2, 0.25) is 0 Å². The maximum Gasteiger partial charge on any atom is 0.408 e. The number of aliphatic hydroxyl groups excluding tert-OH is 1. The second-order valence-corrected chi connectivity index (χ2v) is 8.39. The molecule has 2 rings (SSSR count). The molecule has 0 atom stereocenters. The maximum absolute atomic E-state index is 12.4. The Balaban J connectivity index is 2.31. The van der Waals surface area contributed by atoms with Gasteiger partial charge in [-0.1, -0.05) is 19.3 Å². The molecular weight excluding hydrogens is 310 g/mol. The summed E-state index contributed by atoms with van der Waals surface area (Å²) in [4.78, 5) is 24.7. The summed E-state index contributed by atoms with van der Waals surface area (Å²) >= 11 is 0. The molecule has 1 amide bonds. The summed E-state index contributed by atoms with van der Waals surface area (Å²) in [6.45, 7) is 5.39. The lowest BCUT2D eigenvalue weighted by molar-refractivity contribution is -0.161. The number of nitrogens with one attached hydrogen (secondary N) is 1. The van der Waals surface area contributed by atoms with Crippen molar-refractivity contribution >= 4 is 12.1 Å². The normalized spacial score (nSPS) is 30.4. The lowest BCUT2D eigenvalue weighted by atomic mass is 9.56. The fourth-order valence-corrected chi connectivity index (χ4v) is 4.37. The quantitative estimate of drug-likeness (QED) is 0.732. The van der Waals surface area contributed by atoms with E-state index in [9.17, 15) is 19.8 Å². The van der Waals surface area contributed by atoms with Crippen LogP contribution in [0, 0.1) is 5.41 Å². The molecule has 0 saturated heterocycles. The van der Waals surface area contributed by atoms with Crippen LogP contribution in [-0.4, -0.2) is 39.5 Å². The van der Waals surface area contributed by atoms with Crippen LogP contribution in [-0.2, 0) is 9.53 Å². The Hall–Kier alpha value is -1.30. The van der Waals surface area contributed by atoms with Gasteiger partial charge in [0, 0.05) is 0 Å².